The van der Waals surface area contributed by atoms with Crippen molar-refractivity contribution in [3.63, 3.8) is 0 Å². The van der Waals surface area contributed by atoms with Gasteiger partial charge in [-0.2, -0.15) is 44.9 Å². The molecular weight excluding hydrogens is 339 g/mol. The Morgan fingerprint density at radius 1 is 0.913 bits per heavy atom. The van der Waals surface area contributed by atoms with Gasteiger partial charge in [-0.25, -0.2) is 0 Å². The minimum Gasteiger partial charge on any atom is -0.258 e. The molecule has 1 unspecified atom stereocenters. The highest BCUT2D eigenvalue weighted by Crippen LogP contribution is 2.45. The van der Waals surface area contributed by atoms with Crippen molar-refractivity contribution in [2.45, 2.75) is 52.1 Å². The molecule has 0 aromatic heterocycles. The zero-order chi connectivity index (χ0) is 18.0. The van der Waals surface area contributed by atoms with Crippen LogP contribution in [0.5, 0.6) is 0 Å². The number of alkyl halides is 6. The summed E-state index contributed by atoms with van der Waals surface area (Å²) in [5.74, 6) is 2.37. The fraction of sp³-hybridized carbons (Fsp3) is 0.533. The van der Waals surface area contributed by atoms with E-state index in [4.69, 9.17) is 0 Å². The van der Waals surface area contributed by atoms with Crippen molar-refractivity contribution in [2.75, 3.05) is 0 Å². The van der Waals surface area contributed by atoms with Crippen LogP contribution in [0.2, 0.25) is 0 Å². The van der Waals surface area contributed by atoms with Gasteiger partial charge in [0, 0.05) is 12.1 Å². The molecule has 1 aliphatic carbocycles. The maximum absolute atomic E-state index is 13.0. The van der Waals surface area contributed by atoms with Crippen molar-refractivity contribution in [3.05, 3.63) is 41.1 Å². The monoisotopic (exact) mass is 357 g/mol. The second kappa shape index (κ2) is 7.25. The Bertz CT molecular complexity index is 471. The minimum absolute atomic E-state index is 0.0202. The van der Waals surface area contributed by atoms with E-state index in [9.17, 15) is 26.3 Å². The van der Waals surface area contributed by atoms with Crippen molar-refractivity contribution >= 4 is 8.73 Å². The molecular formula is C15H18F6NP. The van der Waals surface area contributed by atoms with E-state index in [1.807, 2.05) is 27.7 Å². The summed E-state index contributed by atoms with van der Waals surface area (Å²) in [4.78, 5) is 0. The Hall–Kier alpha value is -1.03. The van der Waals surface area contributed by atoms with E-state index in [0.717, 1.165) is 6.42 Å². The zero-order valence-electron chi connectivity index (χ0n) is 13.1. The molecule has 0 amide bonds. The molecule has 0 saturated heterocycles. The van der Waals surface area contributed by atoms with Crippen LogP contribution in [0.4, 0.5) is 26.3 Å². The van der Waals surface area contributed by atoms with Crippen molar-refractivity contribution in [1.82, 2.24) is 4.67 Å². The lowest BCUT2D eigenvalue weighted by Gasteiger charge is -2.30. The van der Waals surface area contributed by atoms with E-state index in [2.05, 4.69) is 5.82 Å². The average molecular weight is 357 g/mol. The molecule has 0 N–H and O–H groups in total. The second-order valence-electron chi connectivity index (χ2n) is 5.56. The van der Waals surface area contributed by atoms with Crippen molar-refractivity contribution in [2.24, 2.45) is 0 Å². The Morgan fingerprint density at radius 2 is 1.30 bits per heavy atom. The molecule has 0 aromatic rings. The number of hydrogen-bond donors (Lipinski definition) is 0. The lowest BCUT2D eigenvalue weighted by Crippen LogP contribution is -2.29. The summed E-state index contributed by atoms with van der Waals surface area (Å²) in [6.45, 7) is 7.31. The summed E-state index contributed by atoms with van der Waals surface area (Å²) >= 11 is 0. The number of rotatable bonds is 4. The maximum Gasteiger partial charge on any atom is 0.372 e. The molecule has 8 heteroatoms. The lowest BCUT2D eigenvalue weighted by atomic mass is 9.92. The third kappa shape index (κ3) is 5.23. The van der Waals surface area contributed by atoms with E-state index in [1.54, 1.807) is 4.67 Å². The van der Waals surface area contributed by atoms with E-state index >= 15 is 0 Å². The Labute approximate surface area is 133 Å². The van der Waals surface area contributed by atoms with Gasteiger partial charge in [-0.05, 0) is 50.2 Å². The van der Waals surface area contributed by atoms with Crippen LogP contribution in [-0.2, 0) is 0 Å². The first-order valence-electron chi connectivity index (χ1n) is 6.93. The number of nitrogens with zero attached hydrogens (tertiary/aromatic N) is 1. The van der Waals surface area contributed by atoms with E-state index in [1.165, 1.54) is 0 Å². The smallest absolute Gasteiger partial charge is 0.258 e. The fourth-order valence-electron chi connectivity index (χ4n) is 2.13. The van der Waals surface area contributed by atoms with Crippen molar-refractivity contribution in [3.8, 4) is 0 Å². The predicted molar refractivity (Wildman–Crippen MR) is 79.8 cm³/mol. The molecule has 23 heavy (non-hydrogen) atoms. The predicted octanol–water partition coefficient (Wildman–Crippen LogP) is 5.58. The SMILES string of the molecule is CC(C)N(P[C+]=C1C(C(F)(F)F)=C[CH-]C=C1C(F)(F)F)C(C)C. The van der Waals surface area contributed by atoms with Gasteiger partial charge in [-0.15, -0.1) is 0 Å². The largest absolute Gasteiger partial charge is 0.372 e. The van der Waals surface area contributed by atoms with E-state index in [-0.39, 0.29) is 12.1 Å². The molecule has 1 aliphatic rings. The van der Waals surface area contributed by atoms with Gasteiger partial charge in [-0.1, -0.05) is 0 Å². The van der Waals surface area contributed by atoms with Crippen LogP contribution < -0.4 is 0 Å². The van der Waals surface area contributed by atoms with Gasteiger partial charge in [0.05, 0.1) is 8.73 Å². The zero-order valence-corrected chi connectivity index (χ0v) is 14.1. The van der Waals surface area contributed by atoms with Crippen molar-refractivity contribution in [1.29, 1.82) is 0 Å². The molecule has 0 aliphatic heterocycles. The normalized spacial score (nSPS) is 17.0. The highest BCUT2D eigenvalue weighted by molar-refractivity contribution is 7.37. The average Bonchev–Trinajstić information content (AvgIpc) is 2.35. The first-order chi connectivity index (χ1) is 10.4. The molecule has 1 nitrogen and oxygen atoms in total. The Morgan fingerprint density at radius 3 is 1.61 bits per heavy atom. The van der Waals surface area contributed by atoms with Crippen LogP contribution >= 0.6 is 8.73 Å². The topological polar surface area (TPSA) is 3.24 Å². The molecule has 1 atom stereocenters. The molecule has 0 heterocycles. The Balaban J connectivity index is 3.25. The molecule has 0 spiro atoms. The Kier molecular flexibility index (Phi) is 6.31. The third-order valence-corrected chi connectivity index (χ3v) is 4.75. The van der Waals surface area contributed by atoms with Gasteiger partial charge in [-0.3, -0.25) is 4.67 Å². The van der Waals surface area contributed by atoms with E-state index < -0.39 is 37.8 Å². The first kappa shape index (κ1) is 20.0. The molecule has 0 radical (unpaired) electrons. The summed E-state index contributed by atoms with van der Waals surface area (Å²) in [5, 5.41) is 0. The second-order valence-corrected chi connectivity index (χ2v) is 6.55. The van der Waals surface area contributed by atoms with Crippen LogP contribution in [0.1, 0.15) is 27.7 Å². The van der Waals surface area contributed by atoms with Crippen LogP contribution in [-0.4, -0.2) is 29.1 Å². The van der Waals surface area contributed by atoms with Crippen LogP contribution in [0, 0.1) is 12.2 Å². The van der Waals surface area contributed by atoms with Gasteiger partial charge < -0.3 is 0 Å². The number of allylic oxidation sites excluding steroid dienone is 5. The third-order valence-electron chi connectivity index (χ3n) is 3.10. The van der Waals surface area contributed by atoms with Crippen LogP contribution in [0.3, 0.4) is 0 Å². The van der Waals surface area contributed by atoms with Crippen LogP contribution in [0.25, 0.3) is 0 Å². The van der Waals surface area contributed by atoms with Crippen LogP contribution in [0.15, 0.2) is 28.9 Å². The minimum atomic E-state index is -4.87. The number of hydrogen-bond acceptors (Lipinski definition) is 1. The summed E-state index contributed by atoms with van der Waals surface area (Å²) < 4.78 is 80.0. The van der Waals surface area contributed by atoms with Gasteiger partial charge in [0.25, 0.3) is 0 Å². The number of halogens is 6. The van der Waals surface area contributed by atoms with E-state index in [0.29, 0.717) is 12.2 Å². The lowest BCUT2D eigenvalue weighted by molar-refractivity contribution is -0.0977. The maximum atomic E-state index is 13.0. The highest BCUT2D eigenvalue weighted by Gasteiger charge is 2.40. The van der Waals surface area contributed by atoms with Crippen molar-refractivity contribution < 1.29 is 26.3 Å². The molecule has 0 saturated carbocycles. The van der Waals surface area contributed by atoms with Gasteiger partial charge in [0.2, 0.25) is 0 Å². The highest BCUT2D eigenvalue weighted by atomic mass is 31.1. The molecule has 0 bridgehead atoms. The van der Waals surface area contributed by atoms with Gasteiger partial charge >= 0.3 is 12.4 Å². The van der Waals surface area contributed by atoms with Gasteiger partial charge in [0.15, 0.2) is 0 Å². The molecule has 0 aromatic carbocycles. The molecule has 1 rings (SSSR count). The summed E-state index contributed by atoms with van der Waals surface area (Å²) in [7, 11) is -0.404. The quantitative estimate of drug-likeness (QED) is 0.361. The molecule has 130 valence electrons. The fourth-order valence-corrected chi connectivity index (χ4v) is 3.16. The summed E-state index contributed by atoms with van der Waals surface area (Å²) in [6.07, 6.45) is -7.67. The molecule has 0 fully saturated rings. The first-order valence-corrected chi connectivity index (χ1v) is 7.87. The summed E-state index contributed by atoms with van der Waals surface area (Å²) in [5.41, 5.74) is -3.54. The summed E-state index contributed by atoms with van der Waals surface area (Å²) in [6, 6.07) is -0.0403. The van der Waals surface area contributed by atoms with Gasteiger partial charge in [0.1, 0.15) is 0 Å². The standard InChI is InChI=1S/C15H18F6NP/c1-9(2)22(10(3)4)23-8-11-12(14(16,17)18)6-5-7-13(11)15(19,20)21/h5-7,9-10,23H,1-4H3.